The first-order valence-electron chi connectivity index (χ1n) is 11.8. The average Bonchev–Trinajstić information content (AvgIpc) is 2.90. The van der Waals surface area contributed by atoms with E-state index in [2.05, 4.69) is 4.40 Å². The molecule has 184 valence electrons. The fourth-order valence-electron chi connectivity index (χ4n) is 4.22. The third kappa shape index (κ3) is 4.99. The van der Waals surface area contributed by atoms with Crippen molar-refractivity contribution in [2.45, 2.75) is 24.7 Å². The molecule has 0 aromatic heterocycles. The number of benzene rings is 4. The van der Waals surface area contributed by atoms with Crippen molar-refractivity contribution in [1.82, 2.24) is 0 Å². The third-order valence-corrected chi connectivity index (χ3v) is 7.45. The van der Waals surface area contributed by atoms with Crippen LogP contribution in [-0.4, -0.2) is 26.0 Å². The number of hydrogen-bond donors (Lipinski definition) is 0. The molecule has 1 heterocycles. The van der Waals surface area contributed by atoms with Crippen LogP contribution in [0.4, 0.5) is 5.69 Å². The molecule has 0 bridgehead atoms. The van der Waals surface area contributed by atoms with Crippen LogP contribution in [0, 0.1) is 13.8 Å². The van der Waals surface area contributed by atoms with Crippen LogP contribution in [0.3, 0.4) is 0 Å². The van der Waals surface area contributed by atoms with Gasteiger partial charge in [0, 0.05) is 0 Å². The van der Waals surface area contributed by atoms with Crippen LogP contribution >= 0.6 is 0 Å². The van der Waals surface area contributed by atoms with Gasteiger partial charge in [0.25, 0.3) is 10.0 Å². The smallest absolute Gasteiger partial charge is 0.273 e. The van der Waals surface area contributed by atoms with Crippen LogP contribution in [0.2, 0.25) is 0 Å². The van der Waals surface area contributed by atoms with E-state index in [0.717, 1.165) is 22.3 Å². The van der Waals surface area contributed by atoms with Gasteiger partial charge < -0.3 is 0 Å². The van der Waals surface area contributed by atoms with Crippen molar-refractivity contribution in [2.24, 2.45) is 9.39 Å². The third-order valence-electron chi connectivity index (χ3n) is 6.18. The molecule has 4 aromatic carbocycles. The molecule has 0 fully saturated rings. The summed E-state index contributed by atoms with van der Waals surface area (Å²) in [6, 6.07) is 32.3. The van der Waals surface area contributed by atoms with Crippen molar-refractivity contribution in [3.05, 3.63) is 131 Å². The molecule has 4 aromatic rings. The molecular formula is C30H25N3O3S. The van der Waals surface area contributed by atoms with Gasteiger partial charge in [-0.2, -0.15) is 8.42 Å². The predicted octanol–water partition coefficient (Wildman–Crippen LogP) is 5.67. The van der Waals surface area contributed by atoms with Crippen LogP contribution in [0.15, 0.2) is 123 Å². The molecule has 1 aliphatic rings. The van der Waals surface area contributed by atoms with Gasteiger partial charge in [-0.3, -0.25) is 4.79 Å². The van der Waals surface area contributed by atoms with Gasteiger partial charge in [-0.05, 0) is 49.2 Å². The first kappa shape index (κ1) is 24.3. The summed E-state index contributed by atoms with van der Waals surface area (Å²) in [5.41, 5.74) is 4.40. The van der Waals surface area contributed by atoms with Gasteiger partial charge in [0.2, 0.25) is 11.9 Å². The highest BCUT2D eigenvalue weighted by Crippen LogP contribution is 2.32. The Balaban J connectivity index is 1.75. The number of para-hydroxylation sites is 1. The zero-order valence-electron chi connectivity index (χ0n) is 20.4. The highest BCUT2D eigenvalue weighted by Gasteiger charge is 2.39. The van der Waals surface area contributed by atoms with Crippen molar-refractivity contribution >= 4 is 33.3 Å². The Kier molecular flexibility index (Phi) is 6.54. The highest BCUT2D eigenvalue weighted by atomic mass is 32.2. The lowest BCUT2D eigenvalue weighted by Gasteiger charge is -2.32. The average molecular weight is 508 g/mol. The summed E-state index contributed by atoms with van der Waals surface area (Å²) in [6.45, 7) is 3.86. The first-order valence-corrected chi connectivity index (χ1v) is 13.3. The molecule has 0 spiro atoms. The molecule has 1 atom stereocenters. The zero-order valence-corrected chi connectivity index (χ0v) is 21.3. The van der Waals surface area contributed by atoms with Crippen molar-refractivity contribution in [2.75, 3.05) is 4.90 Å². The van der Waals surface area contributed by atoms with Gasteiger partial charge in [-0.15, -0.1) is 4.40 Å². The summed E-state index contributed by atoms with van der Waals surface area (Å²) in [7, 11) is -4.15. The normalized spacial score (nSPS) is 17.1. The fourth-order valence-corrected chi connectivity index (χ4v) is 5.14. The summed E-state index contributed by atoms with van der Waals surface area (Å²) >= 11 is 0. The van der Waals surface area contributed by atoms with Crippen LogP contribution in [-0.2, 0) is 14.8 Å². The molecule has 0 aliphatic carbocycles. The Morgan fingerprint density at radius 1 is 0.730 bits per heavy atom. The van der Waals surface area contributed by atoms with Crippen LogP contribution in [0.5, 0.6) is 0 Å². The number of carbonyl (C=O) groups excluding carboxylic acids is 1. The monoisotopic (exact) mass is 507 g/mol. The van der Waals surface area contributed by atoms with Crippen LogP contribution < -0.4 is 4.90 Å². The number of amides is 1. The minimum absolute atomic E-state index is 0.0307. The predicted molar refractivity (Wildman–Crippen MR) is 147 cm³/mol. The fraction of sp³-hybridized carbons (Fsp3) is 0.100. The molecule has 0 saturated heterocycles. The SMILES string of the molecule is Cc1ccc(C2C(=O)N(c3ccccc3)/C(=N/S(=O)(=O)c3ccc(C)cc3)N=C2c2ccccc2)cc1. The maximum Gasteiger partial charge on any atom is 0.285 e. The van der Waals surface area contributed by atoms with Crippen LogP contribution in [0.1, 0.15) is 28.2 Å². The van der Waals surface area contributed by atoms with E-state index in [4.69, 9.17) is 4.99 Å². The zero-order chi connectivity index (χ0) is 26.0. The summed E-state index contributed by atoms with van der Waals surface area (Å²) < 4.78 is 30.8. The van der Waals surface area contributed by atoms with Crippen molar-refractivity contribution in [3.8, 4) is 0 Å². The largest absolute Gasteiger partial charge is 0.285 e. The van der Waals surface area contributed by atoms with Gasteiger partial charge in [0.05, 0.1) is 16.3 Å². The molecular weight excluding hydrogens is 482 g/mol. The summed E-state index contributed by atoms with van der Waals surface area (Å²) in [5.74, 6) is -1.27. The molecule has 5 rings (SSSR count). The highest BCUT2D eigenvalue weighted by molar-refractivity contribution is 7.90. The van der Waals surface area contributed by atoms with Gasteiger partial charge in [0.15, 0.2) is 0 Å². The van der Waals surface area contributed by atoms with Gasteiger partial charge >= 0.3 is 0 Å². The number of aryl methyl sites for hydroxylation is 2. The van der Waals surface area contributed by atoms with E-state index in [-0.39, 0.29) is 16.8 Å². The minimum atomic E-state index is -4.15. The molecule has 37 heavy (non-hydrogen) atoms. The molecule has 6 nitrogen and oxygen atoms in total. The molecule has 0 saturated carbocycles. The number of aliphatic imine (C=N–C) groups is 1. The second-order valence-corrected chi connectivity index (χ2v) is 10.5. The number of nitrogens with zero attached hydrogens (tertiary/aromatic N) is 3. The lowest BCUT2D eigenvalue weighted by Crippen LogP contribution is -2.47. The molecule has 0 N–H and O–H groups in total. The van der Waals surface area contributed by atoms with Crippen LogP contribution in [0.25, 0.3) is 0 Å². The number of guanidine groups is 1. The van der Waals surface area contributed by atoms with Crippen molar-refractivity contribution in [3.63, 3.8) is 0 Å². The quantitative estimate of drug-likeness (QED) is 0.349. The first-order chi connectivity index (χ1) is 17.8. The number of rotatable bonds is 5. The Morgan fingerprint density at radius 3 is 1.86 bits per heavy atom. The summed E-state index contributed by atoms with van der Waals surface area (Å²) in [4.78, 5) is 20.3. The van der Waals surface area contributed by atoms with E-state index in [1.54, 1.807) is 36.4 Å². The maximum absolute atomic E-state index is 14.2. The molecule has 7 heteroatoms. The van der Waals surface area contributed by atoms with Gasteiger partial charge in [-0.1, -0.05) is 96.1 Å². The van der Waals surface area contributed by atoms with E-state index in [0.29, 0.717) is 11.4 Å². The molecule has 1 unspecified atom stereocenters. The van der Waals surface area contributed by atoms with E-state index in [1.165, 1.54) is 17.0 Å². The number of hydrogen-bond acceptors (Lipinski definition) is 3. The Hall–Kier alpha value is -4.36. The second-order valence-electron chi connectivity index (χ2n) is 8.90. The lowest BCUT2D eigenvalue weighted by atomic mass is 9.87. The summed E-state index contributed by atoms with van der Waals surface area (Å²) in [6.07, 6.45) is 0. The second kappa shape index (κ2) is 9.95. The van der Waals surface area contributed by atoms with Gasteiger partial charge in [-0.25, -0.2) is 9.89 Å². The molecule has 1 aliphatic heterocycles. The van der Waals surface area contributed by atoms with E-state index < -0.39 is 15.9 Å². The summed E-state index contributed by atoms with van der Waals surface area (Å²) in [5, 5.41) is 0. The van der Waals surface area contributed by atoms with E-state index in [9.17, 15) is 13.2 Å². The molecule has 0 radical (unpaired) electrons. The number of sulfonamides is 1. The van der Waals surface area contributed by atoms with Crippen molar-refractivity contribution in [1.29, 1.82) is 0 Å². The minimum Gasteiger partial charge on any atom is -0.273 e. The lowest BCUT2D eigenvalue weighted by molar-refractivity contribution is -0.117. The Morgan fingerprint density at radius 2 is 1.27 bits per heavy atom. The number of carbonyl (C=O) groups is 1. The Labute approximate surface area is 216 Å². The van der Waals surface area contributed by atoms with Gasteiger partial charge in [0.1, 0.15) is 5.92 Å². The topological polar surface area (TPSA) is 79.2 Å². The van der Waals surface area contributed by atoms with E-state index in [1.807, 2.05) is 74.5 Å². The molecule has 1 amide bonds. The Bertz CT molecular complexity index is 1590. The standard InChI is InChI=1S/C30H25N3O3S/c1-21-13-17-23(18-14-21)27-28(24-9-5-3-6-10-24)31-30(33(29(27)34)25-11-7-4-8-12-25)32-37(35,36)26-19-15-22(2)16-20-26/h3-20,27H,1-2H3/b32-30+. The van der Waals surface area contributed by atoms with E-state index >= 15 is 0 Å². The number of anilines is 1. The maximum atomic E-state index is 14.2. The van der Waals surface area contributed by atoms with Crippen molar-refractivity contribution < 1.29 is 13.2 Å².